The van der Waals surface area contributed by atoms with Gasteiger partial charge in [-0.3, -0.25) is 18.7 Å². The van der Waals surface area contributed by atoms with Crippen LogP contribution in [0.25, 0.3) is 22.2 Å². The maximum Gasteiger partial charge on any atom is 0.330 e. The highest BCUT2D eigenvalue weighted by atomic mass is 16.5. The van der Waals surface area contributed by atoms with Crippen molar-refractivity contribution in [3.05, 3.63) is 86.7 Å². The molecular weight excluding hydrogens is 470 g/mol. The molecule has 4 aromatic rings. The summed E-state index contributed by atoms with van der Waals surface area (Å²) in [4.78, 5) is 47.5. The van der Waals surface area contributed by atoms with E-state index >= 15 is 0 Å². The molecule has 1 aliphatic rings. The van der Waals surface area contributed by atoms with Crippen molar-refractivity contribution in [3.8, 4) is 17.0 Å². The summed E-state index contributed by atoms with van der Waals surface area (Å²) in [6.45, 7) is 3.68. The number of benzene rings is 2. The van der Waals surface area contributed by atoms with Gasteiger partial charge in [0.05, 0.1) is 23.9 Å². The number of piperazine rings is 1. The van der Waals surface area contributed by atoms with E-state index in [9.17, 15) is 14.4 Å². The van der Waals surface area contributed by atoms with E-state index in [4.69, 9.17) is 9.72 Å². The van der Waals surface area contributed by atoms with Crippen LogP contribution in [0.1, 0.15) is 16.1 Å². The van der Waals surface area contributed by atoms with Gasteiger partial charge in [-0.1, -0.05) is 18.2 Å². The van der Waals surface area contributed by atoms with Gasteiger partial charge in [0.1, 0.15) is 11.4 Å². The van der Waals surface area contributed by atoms with Gasteiger partial charge in [0.15, 0.2) is 0 Å². The Labute approximate surface area is 214 Å². The molecular formula is C28H29N5O4. The molecule has 37 heavy (non-hydrogen) atoms. The lowest BCUT2D eigenvalue weighted by Crippen LogP contribution is -2.52. The zero-order chi connectivity index (χ0) is 26.3. The zero-order valence-electron chi connectivity index (χ0n) is 21.4. The number of ether oxygens (including phenoxy) is 1. The molecule has 0 radical (unpaired) electrons. The topological polar surface area (TPSA) is 89.7 Å². The fraction of sp³-hybridized carbons (Fsp3) is 0.286. The summed E-state index contributed by atoms with van der Waals surface area (Å²) in [6, 6.07) is 17.1. The van der Waals surface area contributed by atoms with Gasteiger partial charge in [0, 0.05) is 56.9 Å². The number of aromatic nitrogens is 3. The second-order valence-corrected chi connectivity index (χ2v) is 9.22. The van der Waals surface area contributed by atoms with Gasteiger partial charge in [0.25, 0.3) is 11.5 Å². The number of fused-ring (bicyclic) bond motifs is 1. The molecule has 9 heteroatoms. The van der Waals surface area contributed by atoms with Crippen LogP contribution < -0.4 is 20.9 Å². The van der Waals surface area contributed by atoms with Crippen LogP contribution in [0, 0.1) is 6.92 Å². The predicted octanol–water partition coefficient (Wildman–Crippen LogP) is 2.58. The Morgan fingerprint density at radius 1 is 0.919 bits per heavy atom. The monoisotopic (exact) mass is 499 g/mol. The molecule has 3 heterocycles. The number of para-hydroxylation sites is 1. The maximum absolute atomic E-state index is 13.8. The molecule has 2 aromatic carbocycles. The van der Waals surface area contributed by atoms with Crippen molar-refractivity contribution in [1.29, 1.82) is 0 Å². The summed E-state index contributed by atoms with van der Waals surface area (Å²) in [5, 5.41) is 0.801. The number of methoxy groups -OCH3 is 1. The minimum atomic E-state index is -0.350. The van der Waals surface area contributed by atoms with Crippen LogP contribution in [0.2, 0.25) is 0 Å². The Kier molecular flexibility index (Phi) is 6.29. The van der Waals surface area contributed by atoms with Crippen molar-refractivity contribution < 1.29 is 9.53 Å². The molecule has 1 saturated heterocycles. The number of rotatable bonds is 4. The van der Waals surface area contributed by atoms with E-state index in [-0.39, 0.29) is 17.2 Å². The molecule has 0 unspecified atom stereocenters. The second-order valence-electron chi connectivity index (χ2n) is 9.22. The highest BCUT2D eigenvalue weighted by molar-refractivity contribution is 6.07. The average Bonchev–Trinajstić information content (AvgIpc) is 2.94. The van der Waals surface area contributed by atoms with E-state index in [1.807, 2.05) is 64.4 Å². The molecule has 1 aliphatic heterocycles. The summed E-state index contributed by atoms with van der Waals surface area (Å²) < 4.78 is 7.88. The van der Waals surface area contributed by atoms with Gasteiger partial charge >= 0.3 is 5.69 Å². The Morgan fingerprint density at radius 2 is 1.59 bits per heavy atom. The van der Waals surface area contributed by atoms with Gasteiger partial charge in [-0.25, -0.2) is 9.78 Å². The lowest BCUT2D eigenvalue weighted by atomic mass is 10.0. The molecule has 1 amide bonds. The molecule has 0 aliphatic carbocycles. The number of carbonyl (C=O) groups excluding carboxylic acids is 1. The fourth-order valence-corrected chi connectivity index (χ4v) is 4.86. The van der Waals surface area contributed by atoms with Crippen molar-refractivity contribution in [3.63, 3.8) is 0 Å². The Bertz CT molecular complexity index is 1610. The smallest absolute Gasteiger partial charge is 0.330 e. The lowest BCUT2D eigenvalue weighted by Gasteiger charge is -2.36. The largest absolute Gasteiger partial charge is 0.497 e. The first-order chi connectivity index (χ1) is 17.8. The summed E-state index contributed by atoms with van der Waals surface area (Å²) in [7, 11) is 4.77. The fourth-order valence-electron chi connectivity index (χ4n) is 4.86. The van der Waals surface area contributed by atoms with Crippen LogP contribution in [0.15, 0.2) is 64.2 Å². The van der Waals surface area contributed by atoms with E-state index in [1.54, 1.807) is 21.1 Å². The third-order valence-corrected chi connectivity index (χ3v) is 7.14. The Morgan fingerprint density at radius 3 is 2.27 bits per heavy atom. The van der Waals surface area contributed by atoms with Gasteiger partial charge in [0.2, 0.25) is 0 Å². The van der Waals surface area contributed by atoms with Crippen LogP contribution in [-0.2, 0) is 14.1 Å². The summed E-state index contributed by atoms with van der Waals surface area (Å²) in [5.74, 6) is 0.681. The van der Waals surface area contributed by atoms with Crippen molar-refractivity contribution in [2.75, 3.05) is 38.2 Å². The highest BCUT2D eigenvalue weighted by Crippen LogP contribution is 2.28. The van der Waals surface area contributed by atoms with E-state index < -0.39 is 0 Å². The van der Waals surface area contributed by atoms with Crippen molar-refractivity contribution in [1.82, 2.24) is 19.0 Å². The molecule has 190 valence electrons. The minimum Gasteiger partial charge on any atom is -0.497 e. The summed E-state index contributed by atoms with van der Waals surface area (Å²) in [6.07, 6.45) is 0. The Hall–Kier alpha value is -4.40. The van der Waals surface area contributed by atoms with E-state index in [2.05, 4.69) is 0 Å². The first-order valence-corrected chi connectivity index (χ1v) is 12.1. The molecule has 0 saturated carbocycles. The number of pyridine rings is 1. The number of anilines is 1. The van der Waals surface area contributed by atoms with E-state index in [0.717, 1.165) is 26.8 Å². The van der Waals surface area contributed by atoms with Crippen molar-refractivity contribution in [2.24, 2.45) is 14.1 Å². The number of hydrogen-bond donors (Lipinski definition) is 0. The van der Waals surface area contributed by atoms with Crippen molar-refractivity contribution >= 4 is 22.5 Å². The second kappa shape index (κ2) is 9.57. The zero-order valence-corrected chi connectivity index (χ0v) is 21.4. The molecule has 0 atom stereocenters. The molecule has 5 rings (SSSR count). The molecule has 9 nitrogen and oxygen atoms in total. The number of nitrogens with zero attached hydrogens (tertiary/aromatic N) is 5. The van der Waals surface area contributed by atoms with Gasteiger partial charge in [-0.15, -0.1) is 0 Å². The minimum absolute atomic E-state index is 0.0712. The quantitative estimate of drug-likeness (QED) is 0.429. The van der Waals surface area contributed by atoms with Crippen molar-refractivity contribution in [2.45, 2.75) is 6.92 Å². The van der Waals surface area contributed by atoms with Crippen LogP contribution in [-0.4, -0.2) is 58.2 Å². The number of hydrogen-bond acceptors (Lipinski definition) is 6. The predicted molar refractivity (Wildman–Crippen MR) is 144 cm³/mol. The van der Waals surface area contributed by atoms with E-state index in [1.165, 1.54) is 11.6 Å². The Balaban J connectivity index is 1.45. The summed E-state index contributed by atoms with van der Waals surface area (Å²) in [5.41, 5.74) is 3.42. The maximum atomic E-state index is 13.8. The molecule has 0 spiro atoms. The van der Waals surface area contributed by atoms with E-state index in [0.29, 0.717) is 48.8 Å². The molecule has 1 fully saturated rings. The molecule has 2 aromatic heterocycles. The first-order valence-electron chi connectivity index (χ1n) is 12.1. The highest BCUT2D eigenvalue weighted by Gasteiger charge is 2.27. The third kappa shape index (κ3) is 4.26. The lowest BCUT2D eigenvalue weighted by molar-refractivity contribution is 0.0748. The first kappa shape index (κ1) is 24.3. The normalized spacial score (nSPS) is 13.7. The molecule has 0 bridgehead atoms. The third-order valence-electron chi connectivity index (χ3n) is 7.14. The SMILES string of the molecule is COc1ccc(-c2cc(C(=O)N3CCN(c4c(C)n(C)c(=O)n(C)c4=O)CC3)c3ccccc3n2)cc1. The standard InChI is InChI=1S/C28H29N5O4/c1-18-25(27(35)31(3)28(36)30(18)2)32-13-15-33(16-14-32)26(34)22-17-24(19-9-11-20(37-4)12-10-19)29-23-8-6-5-7-21(22)23/h5-12,17H,13-16H2,1-4H3. The summed E-state index contributed by atoms with van der Waals surface area (Å²) >= 11 is 0. The van der Waals surface area contributed by atoms with Crippen LogP contribution in [0.4, 0.5) is 5.69 Å². The van der Waals surface area contributed by atoms with Gasteiger partial charge in [-0.05, 0) is 43.3 Å². The number of carbonyl (C=O) groups is 1. The van der Waals surface area contributed by atoms with Crippen LogP contribution in [0.5, 0.6) is 5.75 Å². The number of amides is 1. The van der Waals surface area contributed by atoms with Gasteiger partial charge in [-0.2, -0.15) is 0 Å². The average molecular weight is 500 g/mol. The van der Waals surface area contributed by atoms with Gasteiger partial charge < -0.3 is 14.5 Å². The van der Waals surface area contributed by atoms with Crippen LogP contribution in [0.3, 0.4) is 0 Å². The molecule has 0 N–H and O–H groups in total. The van der Waals surface area contributed by atoms with Crippen LogP contribution >= 0.6 is 0 Å².